The minimum Gasteiger partial charge on any atom is -0.396 e. The van der Waals surface area contributed by atoms with Crippen molar-refractivity contribution in [2.45, 2.75) is 64.0 Å². The standard InChI is InChI=1S/C13H26N2O2/c1-2-3-7-12(14)13(17)15-9-5-4-6-11(15)8-10-16/h11-12,16H,2-10,14H2,1H3/t11?,12-/m0/s1. The van der Waals surface area contributed by atoms with Crippen LogP contribution in [0.5, 0.6) is 0 Å². The first-order chi connectivity index (χ1) is 8.20. The number of likely N-dealkylation sites (tertiary alicyclic amines) is 1. The molecule has 0 saturated carbocycles. The molecule has 2 atom stereocenters. The van der Waals surface area contributed by atoms with E-state index in [9.17, 15) is 4.79 Å². The van der Waals surface area contributed by atoms with Crippen LogP contribution in [0.25, 0.3) is 0 Å². The number of nitrogens with zero attached hydrogens (tertiary/aromatic N) is 1. The zero-order valence-electron chi connectivity index (χ0n) is 10.9. The van der Waals surface area contributed by atoms with Crippen molar-refractivity contribution in [2.75, 3.05) is 13.2 Å². The van der Waals surface area contributed by atoms with E-state index < -0.39 is 0 Å². The molecular formula is C13H26N2O2. The van der Waals surface area contributed by atoms with Crippen molar-refractivity contribution in [3.8, 4) is 0 Å². The molecule has 4 nitrogen and oxygen atoms in total. The number of hydrogen-bond acceptors (Lipinski definition) is 3. The van der Waals surface area contributed by atoms with Gasteiger partial charge in [-0.2, -0.15) is 0 Å². The highest BCUT2D eigenvalue weighted by Gasteiger charge is 2.29. The molecule has 1 aliphatic rings. The van der Waals surface area contributed by atoms with E-state index in [1.54, 1.807) is 0 Å². The van der Waals surface area contributed by atoms with E-state index in [1.165, 1.54) is 0 Å². The number of carbonyl (C=O) groups is 1. The highest BCUT2D eigenvalue weighted by molar-refractivity contribution is 5.82. The molecule has 3 N–H and O–H groups in total. The highest BCUT2D eigenvalue weighted by Crippen LogP contribution is 2.20. The molecule has 0 aromatic heterocycles. The molecule has 0 radical (unpaired) electrons. The average Bonchev–Trinajstić information content (AvgIpc) is 2.36. The molecule has 0 aliphatic carbocycles. The second kappa shape index (κ2) is 7.67. The molecule has 17 heavy (non-hydrogen) atoms. The van der Waals surface area contributed by atoms with Gasteiger partial charge in [0.25, 0.3) is 0 Å². The first kappa shape index (κ1) is 14.5. The van der Waals surface area contributed by atoms with Crippen LogP contribution in [-0.4, -0.2) is 41.1 Å². The van der Waals surface area contributed by atoms with E-state index in [4.69, 9.17) is 10.8 Å². The van der Waals surface area contributed by atoms with Crippen LogP contribution in [-0.2, 0) is 4.79 Å². The normalized spacial score (nSPS) is 22.5. The molecule has 0 bridgehead atoms. The van der Waals surface area contributed by atoms with Crippen molar-refractivity contribution in [3.63, 3.8) is 0 Å². The topological polar surface area (TPSA) is 66.6 Å². The van der Waals surface area contributed by atoms with E-state index in [1.807, 2.05) is 4.90 Å². The first-order valence-electron chi connectivity index (χ1n) is 6.87. The Morgan fingerprint density at radius 1 is 1.53 bits per heavy atom. The predicted octanol–water partition coefficient (Wildman–Crippen LogP) is 1.27. The van der Waals surface area contributed by atoms with Gasteiger partial charge in [-0.05, 0) is 32.1 Å². The van der Waals surface area contributed by atoms with E-state index >= 15 is 0 Å². The molecule has 1 heterocycles. The fourth-order valence-corrected chi connectivity index (χ4v) is 2.50. The fourth-order valence-electron chi connectivity index (χ4n) is 2.50. The second-order valence-corrected chi connectivity index (χ2v) is 4.94. The van der Waals surface area contributed by atoms with Crippen molar-refractivity contribution in [1.29, 1.82) is 0 Å². The van der Waals surface area contributed by atoms with Crippen molar-refractivity contribution >= 4 is 5.91 Å². The number of piperidine rings is 1. The van der Waals surface area contributed by atoms with Crippen molar-refractivity contribution < 1.29 is 9.90 Å². The van der Waals surface area contributed by atoms with Crippen molar-refractivity contribution in [1.82, 2.24) is 4.90 Å². The van der Waals surface area contributed by atoms with Crippen LogP contribution in [0.1, 0.15) is 51.9 Å². The lowest BCUT2D eigenvalue weighted by molar-refractivity contribution is -0.136. The molecule has 100 valence electrons. The SMILES string of the molecule is CCCC[C@H](N)C(=O)N1CCCCC1CCO. The number of nitrogens with two attached hydrogens (primary N) is 1. The van der Waals surface area contributed by atoms with Gasteiger partial charge in [0.05, 0.1) is 6.04 Å². The Balaban J connectivity index is 2.51. The van der Waals surface area contributed by atoms with Gasteiger partial charge in [-0.1, -0.05) is 19.8 Å². The van der Waals surface area contributed by atoms with Crippen LogP contribution >= 0.6 is 0 Å². The van der Waals surface area contributed by atoms with Gasteiger partial charge in [-0.15, -0.1) is 0 Å². The predicted molar refractivity (Wildman–Crippen MR) is 68.6 cm³/mol. The van der Waals surface area contributed by atoms with E-state index in [0.717, 1.165) is 45.1 Å². The Bertz CT molecular complexity index is 231. The van der Waals surface area contributed by atoms with Crippen LogP contribution in [0.2, 0.25) is 0 Å². The molecule has 1 aliphatic heterocycles. The van der Waals surface area contributed by atoms with E-state index in [0.29, 0.717) is 6.42 Å². The van der Waals surface area contributed by atoms with Gasteiger partial charge >= 0.3 is 0 Å². The van der Waals surface area contributed by atoms with Crippen molar-refractivity contribution in [2.24, 2.45) is 5.73 Å². The van der Waals surface area contributed by atoms with Crippen LogP contribution in [0.15, 0.2) is 0 Å². The van der Waals surface area contributed by atoms with Gasteiger partial charge < -0.3 is 15.7 Å². The smallest absolute Gasteiger partial charge is 0.239 e. The molecule has 1 rings (SSSR count). The monoisotopic (exact) mass is 242 g/mol. The third-order valence-electron chi connectivity index (χ3n) is 3.56. The van der Waals surface area contributed by atoms with Crippen LogP contribution < -0.4 is 5.73 Å². The number of hydrogen-bond donors (Lipinski definition) is 2. The molecule has 4 heteroatoms. The van der Waals surface area contributed by atoms with Gasteiger partial charge in [0.2, 0.25) is 5.91 Å². The van der Waals surface area contributed by atoms with Crippen LogP contribution in [0.4, 0.5) is 0 Å². The van der Waals surface area contributed by atoms with Gasteiger partial charge in [0, 0.05) is 19.2 Å². The fraction of sp³-hybridized carbons (Fsp3) is 0.923. The molecule has 0 aromatic rings. The van der Waals surface area contributed by atoms with E-state index in [-0.39, 0.29) is 24.6 Å². The molecule has 1 saturated heterocycles. The largest absolute Gasteiger partial charge is 0.396 e. The third kappa shape index (κ3) is 4.28. The summed E-state index contributed by atoms with van der Waals surface area (Å²) in [6.45, 7) is 3.06. The summed E-state index contributed by atoms with van der Waals surface area (Å²) >= 11 is 0. The summed E-state index contributed by atoms with van der Waals surface area (Å²) < 4.78 is 0. The van der Waals surface area contributed by atoms with Gasteiger partial charge in [-0.25, -0.2) is 0 Å². The van der Waals surface area contributed by atoms with Crippen LogP contribution in [0.3, 0.4) is 0 Å². The second-order valence-electron chi connectivity index (χ2n) is 4.94. The molecule has 1 unspecified atom stereocenters. The zero-order chi connectivity index (χ0) is 12.7. The Kier molecular flexibility index (Phi) is 6.52. The Hall–Kier alpha value is -0.610. The summed E-state index contributed by atoms with van der Waals surface area (Å²) in [6.07, 6.45) is 6.76. The maximum atomic E-state index is 12.2. The minimum atomic E-state index is -0.353. The Labute approximate surface area is 104 Å². The highest BCUT2D eigenvalue weighted by atomic mass is 16.3. The van der Waals surface area contributed by atoms with Crippen molar-refractivity contribution in [3.05, 3.63) is 0 Å². The quantitative estimate of drug-likeness (QED) is 0.737. The molecule has 0 spiro atoms. The number of unbranched alkanes of at least 4 members (excludes halogenated alkanes) is 1. The summed E-state index contributed by atoms with van der Waals surface area (Å²) in [5.41, 5.74) is 5.94. The number of carbonyl (C=O) groups excluding carboxylic acids is 1. The number of rotatable bonds is 6. The number of aliphatic hydroxyl groups is 1. The minimum absolute atomic E-state index is 0.0802. The summed E-state index contributed by atoms with van der Waals surface area (Å²) in [4.78, 5) is 14.1. The lowest BCUT2D eigenvalue weighted by Crippen LogP contribution is -2.51. The summed E-state index contributed by atoms with van der Waals surface area (Å²) in [6, 6.07) is -0.150. The summed E-state index contributed by atoms with van der Waals surface area (Å²) in [5, 5.41) is 9.03. The lowest BCUT2D eigenvalue weighted by Gasteiger charge is -2.37. The number of amides is 1. The lowest BCUT2D eigenvalue weighted by atomic mass is 9.98. The van der Waals surface area contributed by atoms with Crippen LogP contribution in [0, 0.1) is 0 Å². The maximum absolute atomic E-state index is 12.2. The van der Waals surface area contributed by atoms with E-state index in [2.05, 4.69) is 6.92 Å². The first-order valence-corrected chi connectivity index (χ1v) is 6.87. The third-order valence-corrected chi connectivity index (χ3v) is 3.56. The Morgan fingerprint density at radius 2 is 2.29 bits per heavy atom. The average molecular weight is 242 g/mol. The molecular weight excluding hydrogens is 216 g/mol. The van der Waals surface area contributed by atoms with Gasteiger partial charge in [0.15, 0.2) is 0 Å². The van der Waals surface area contributed by atoms with Gasteiger partial charge in [0.1, 0.15) is 0 Å². The Morgan fingerprint density at radius 3 is 2.94 bits per heavy atom. The molecule has 1 amide bonds. The summed E-state index contributed by atoms with van der Waals surface area (Å²) in [7, 11) is 0. The summed E-state index contributed by atoms with van der Waals surface area (Å²) in [5.74, 6) is 0.0802. The number of aliphatic hydroxyl groups excluding tert-OH is 1. The zero-order valence-corrected chi connectivity index (χ0v) is 10.9. The molecule has 1 fully saturated rings. The van der Waals surface area contributed by atoms with Gasteiger partial charge in [-0.3, -0.25) is 4.79 Å². The molecule has 0 aromatic carbocycles. The maximum Gasteiger partial charge on any atom is 0.239 e.